The van der Waals surface area contributed by atoms with E-state index in [2.05, 4.69) is 53.4 Å². The van der Waals surface area contributed by atoms with Gasteiger partial charge in [0, 0.05) is 43.6 Å². The minimum absolute atomic E-state index is 0.136. The molecule has 0 aromatic heterocycles. The molecule has 1 amide bonds. The highest BCUT2D eigenvalue weighted by Gasteiger charge is 2.36. The number of aliphatic hydroxyl groups excluding tert-OH is 1. The van der Waals surface area contributed by atoms with Crippen LogP contribution in [0.2, 0.25) is 0 Å². The number of Topliss-reactive ketones (excluding diaryl/α,β-unsaturated/α-hetero) is 1. The van der Waals surface area contributed by atoms with Crippen molar-refractivity contribution < 1.29 is 14.7 Å². The summed E-state index contributed by atoms with van der Waals surface area (Å²) in [5, 5.41) is 10.7. The van der Waals surface area contributed by atoms with Crippen LogP contribution in [0.5, 0.6) is 0 Å². The van der Waals surface area contributed by atoms with Crippen LogP contribution in [0.25, 0.3) is 0 Å². The van der Waals surface area contributed by atoms with Gasteiger partial charge in [0.2, 0.25) is 5.91 Å². The summed E-state index contributed by atoms with van der Waals surface area (Å²) in [5.74, 6) is 0.457. The van der Waals surface area contributed by atoms with E-state index in [-0.39, 0.29) is 29.8 Å². The van der Waals surface area contributed by atoms with Crippen molar-refractivity contribution in [3.63, 3.8) is 0 Å². The summed E-state index contributed by atoms with van der Waals surface area (Å²) in [5.41, 5.74) is 3.56. The van der Waals surface area contributed by atoms with E-state index in [4.69, 9.17) is 0 Å². The highest BCUT2D eigenvalue weighted by Crippen LogP contribution is 2.36. The Morgan fingerprint density at radius 3 is 2.02 bits per heavy atom. The van der Waals surface area contributed by atoms with Gasteiger partial charge in [-0.05, 0) is 69.2 Å². The molecule has 216 valence electrons. The minimum Gasteiger partial charge on any atom is -0.393 e. The largest absolute Gasteiger partial charge is 0.393 e. The van der Waals surface area contributed by atoms with Crippen LogP contribution in [0.1, 0.15) is 85.3 Å². The first-order chi connectivity index (χ1) is 19.8. The molecule has 5 heteroatoms. The molecule has 0 aliphatic carbocycles. The van der Waals surface area contributed by atoms with Gasteiger partial charge in [0.1, 0.15) is 0 Å². The fraction of sp³-hybridized carbons (Fsp3) is 0.444. The first-order valence-electron chi connectivity index (χ1n) is 15.3. The number of benzene rings is 3. The molecule has 5 rings (SSSR count). The van der Waals surface area contributed by atoms with E-state index in [1.54, 1.807) is 0 Å². The Morgan fingerprint density at radius 2 is 1.44 bits per heavy atom. The second-order valence-electron chi connectivity index (χ2n) is 12.3. The van der Waals surface area contributed by atoms with E-state index < -0.39 is 5.41 Å². The molecule has 0 saturated carbocycles. The second kappa shape index (κ2) is 13.1. The van der Waals surface area contributed by atoms with Crippen molar-refractivity contribution >= 4 is 11.7 Å². The maximum absolute atomic E-state index is 13.2. The molecule has 0 bridgehead atoms. The van der Waals surface area contributed by atoms with Crippen LogP contribution >= 0.6 is 0 Å². The lowest BCUT2D eigenvalue weighted by molar-refractivity contribution is -0.135. The topological polar surface area (TPSA) is 60.9 Å². The lowest BCUT2D eigenvalue weighted by atomic mass is 9.79. The smallest absolute Gasteiger partial charge is 0.232 e. The zero-order chi connectivity index (χ0) is 28.8. The zero-order valence-corrected chi connectivity index (χ0v) is 24.5. The SMILES string of the molecule is CC(C)(C(=O)N1CCCC1)c1ccc(C(=O)CCCN2CCC(O)CC2C(c2ccccc2)c2ccccc2)cc1. The number of rotatable bonds is 10. The number of piperidine rings is 1. The monoisotopic (exact) mass is 552 g/mol. The van der Waals surface area contributed by atoms with Gasteiger partial charge in [0.05, 0.1) is 11.5 Å². The lowest BCUT2D eigenvalue weighted by Gasteiger charge is -2.42. The van der Waals surface area contributed by atoms with Crippen LogP contribution in [-0.4, -0.2) is 64.9 Å². The number of amides is 1. The normalized spacial score (nSPS) is 20.0. The lowest BCUT2D eigenvalue weighted by Crippen LogP contribution is -2.48. The van der Waals surface area contributed by atoms with Crippen LogP contribution in [0.4, 0.5) is 0 Å². The summed E-state index contributed by atoms with van der Waals surface area (Å²) in [6.07, 6.45) is 4.56. The van der Waals surface area contributed by atoms with Gasteiger partial charge >= 0.3 is 0 Å². The van der Waals surface area contributed by atoms with Gasteiger partial charge in [0.15, 0.2) is 5.78 Å². The van der Waals surface area contributed by atoms with Crippen LogP contribution in [-0.2, 0) is 10.2 Å². The van der Waals surface area contributed by atoms with Crippen molar-refractivity contribution in [3.8, 4) is 0 Å². The van der Waals surface area contributed by atoms with Crippen LogP contribution in [0.3, 0.4) is 0 Å². The Bertz CT molecular complexity index is 1240. The summed E-state index contributed by atoms with van der Waals surface area (Å²) in [4.78, 5) is 30.7. The van der Waals surface area contributed by atoms with Gasteiger partial charge in [-0.2, -0.15) is 0 Å². The van der Waals surface area contributed by atoms with Crippen LogP contribution in [0, 0.1) is 0 Å². The van der Waals surface area contributed by atoms with Gasteiger partial charge in [-0.25, -0.2) is 0 Å². The number of nitrogens with zero attached hydrogens (tertiary/aromatic N) is 2. The number of hydrogen-bond acceptors (Lipinski definition) is 4. The molecule has 2 aliphatic heterocycles. The number of carbonyl (C=O) groups is 2. The van der Waals surface area contributed by atoms with Gasteiger partial charge in [-0.3, -0.25) is 14.5 Å². The number of likely N-dealkylation sites (tertiary alicyclic amines) is 2. The van der Waals surface area contributed by atoms with Crippen molar-refractivity contribution in [1.29, 1.82) is 0 Å². The maximum Gasteiger partial charge on any atom is 0.232 e. The van der Waals surface area contributed by atoms with Crippen molar-refractivity contribution in [2.24, 2.45) is 0 Å². The van der Waals surface area contributed by atoms with Crippen molar-refractivity contribution in [2.45, 2.75) is 75.9 Å². The van der Waals surface area contributed by atoms with Gasteiger partial charge in [-0.15, -0.1) is 0 Å². The molecule has 2 aliphatic rings. The first-order valence-corrected chi connectivity index (χ1v) is 15.3. The van der Waals surface area contributed by atoms with Crippen molar-refractivity contribution in [1.82, 2.24) is 9.80 Å². The van der Waals surface area contributed by atoms with Crippen LogP contribution < -0.4 is 0 Å². The van der Waals surface area contributed by atoms with E-state index in [0.717, 1.165) is 63.8 Å². The molecule has 2 atom stereocenters. The third kappa shape index (κ3) is 6.79. The molecule has 2 fully saturated rings. The minimum atomic E-state index is -0.603. The van der Waals surface area contributed by atoms with Gasteiger partial charge < -0.3 is 10.0 Å². The summed E-state index contributed by atoms with van der Waals surface area (Å²) in [7, 11) is 0. The quantitative estimate of drug-likeness (QED) is 0.304. The summed E-state index contributed by atoms with van der Waals surface area (Å²) in [6, 6.07) is 29.0. The Balaban J connectivity index is 1.24. The molecule has 41 heavy (non-hydrogen) atoms. The molecule has 3 aromatic rings. The third-order valence-electron chi connectivity index (χ3n) is 9.14. The molecule has 0 spiro atoms. The molecule has 1 N–H and O–H groups in total. The van der Waals surface area contributed by atoms with E-state index in [9.17, 15) is 14.7 Å². The summed E-state index contributed by atoms with van der Waals surface area (Å²) >= 11 is 0. The van der Waals surface area contributed by atoms with Crippen LogP contribution in [0.15, 0.2) is 84.9 Å². The van der Waals surface area contributed by atoms with E-state index in [0.29, 0.717) is 12.0 Å². The Labute approximate surface area is 245 Å². The molecule has 5 nitrogen and oxygen atoms in total. The fourth-order valence-electron chi connectivity index (χ4n) is 6.71. The number of aliphatic hydroxyl groups is 1. The fourth-order valence-corrected chi connectivity index (χ4v) is 6.71. The third-order valence-corrected chi connectivity index (χ3v) is 9.14. The predicted octanol–water partition coefficient (Wildman–Crippen LogP) is 6.21. The van der Waals surface area contributed by atoms with Crippen molar-refractivity contribution in [2.75, 3.05) is 26.2 Å². The predicted molar refractivity (Wildman–Crippen MR) is 164 cm³/mol. The average molecular weight is 553 g/mol. The average Bonchev–Trinajstić information content (AvgIpc) is 3.54. The molecular formula is C36H44N2O3. The number of ketones is 1. The Kier molecular flexibility index (Phi) is 9.36. The number of carbonyl (C=O) groups excluding carboxylic acids is 2. The second-order valence-corrected chi connectivity index (χ2v) is 12.3. The molecule has 2 heterocycles. The first kappa shape index (κ1) is 29.2. The van der Waals surface area contributed by atoms with E-state index in [1.165, 1.54) is 11.1 Å². The molecule has 3 aromatic carbocycles. The highest BCUT2D eigenvalue weighted by atomic mass is 16.3. The number of hydrogen-bond donors (Lipinski definition) is 1. The van der Waals surface area contributed by atoms with Gasteiger partial charge in [-0.1, -0.05) is 84.9 Å². The maximum atomic E-state index is 13.2. The van der Waals surface area contributed by atoms with Crippen molar-refractivity contribution in [3.05, 3.63) is 107 Å². The Morgan fingerprint density at radius 1 is 0.854 bits per heavy atom. The molecular weight excluding hydrogens is 508 g/mol. The molecule has 0 radical (unpaired) electrons. The van der Waals surface area contributed by atoms with Gasteiger partial charge in [0.25, 0.3) is 0 Å². The Hall–Kier alpha value is -3.28. The summed E-state index contributed by atoms with van der Waals surface area (Å²) < 4.78 is 0. The highest BCUT2D eigenvalue weighted by molar-refractivity contribution is 5.96. The summed E-state index contributed by atoms with van der Waals surface area (Å²) in [6.45, 7) is 7.28. The van der Waals surface area contributed by atoms with E-state index >= 15 is 0 Å². The zero-order valence-electron chi connectivity index (χ0n) is 24.5. The molecule has 2 saturated heterocycles. The molecule has 2 unspecified atom stereocenters. The standard InChI is InChI=1S/C36H44N2O3/c1-36(2,35(41)38-22-9-10-23-38)30-19-17-27(18-20-30)33(40)16-11-24-37-25-21-31(39)26-32(37)34(28-12-5-3-6-13-28)29-14-7-4-8-15-29/h3-8,12-15,17-20,31-32,34,39H,9-11,16,21-26H2,1-2H3. The van der Waals surface area contributed by atoms with E-state index in [1.807, 2.05) is 55.1 Å².